The Labute approximate surface area is 417 Å². The number of aliphatic hydroxyl groups excluding tert-OH is 1. The molecule has 8 unspecified atom stereocenters. The molecule has 69 heavy (non-hydrogen) atoms. The number of fused-ring (bicyclic) bond motifs is 2. The smallest absolute Gasteiger partial charge is 0.303 e. The van der Waals surface area contributed by atoms with Crippen molar-refractivity contribution < 1.29 is 29.3 Å². The van der Waals surface area contributed by atoms with Gasteiger partial charge in [0, 0.05) is 85.5 Å². The molecule has 1 aromatic rings. The summed E-state index contributed by atoms with van der Waals surface area (Å²) < 4.78 is 13.5. The maximum atomic E-state index is 14.5. The second-order valence-electron chi connectivity index (χ2n) is 23.7. The normalized spacial score (nSPS) is 38.7. The average Bonchev–Trinajstić information content (AvgIpc) is 4.07. The molecule has 6 fully saturated rings. The van der Waals surface area contributed by atoms with Gasteiger partial charge in [-0.15, -0.1) is 0 Å². The SMILES string of the molecule is CC(=O)OC12CCc3cc(c(O)c4c3C3C=CC5(CCCC5C3)O4)CN3CC(CC4=CCNC(N)=C4)(CCN=C(N)NC4(CCCC45CCCC5)SSCC4CCC(CC4)C(CC1)C(O)C2)CC3=O. The topological polar surface area (TPSA) is 185 Å². The van der Waals surface area contributed by atoms with Crippen molar-refractivity contribution in [3.05, 3.63) is 58.5 Å². The van der Waals surface area contributed by atoms with Crippen LogP contribution >= 0.6 is 21.6 Å². The number of dihydropyridines is 1. The molecule has 8 N–H and O–H groups in total. The number of nitrogens with two attached hydrogens (primary N) is 2. The van der Waals surface area contributed by atoms with Crippen molar-refractivity contribution in [2.75, 3.05) is 25.4 Å². The number of phenolic OH excluding ortho intramolecular Hbond substituents is 1. The van der Waals surface area contributed by atoms with Crippen molar-refractivity contribution in [2.45, 2.75) is 189 Å². The summed E-state index contributed by atoms with van der Waals surface area (Å²) >= 11 is 0. The van der Waals surface area contributed by atoms with Gasteiger partial charge in [0.15, 0.2) is 17.5 Å². The van der Waals surface area contributed by atoms with E-state index in [9.17, 15) is 19.8 Å². The number of carbonyl (C=O) groups is 2. The number of allylic oxidation sites excluding steroid dienone is 3. The third kappa shape index (κ3) is 9.09. The minimum atomic E-state index is -0.796. The van der Waals surface area contributed by atoms with Gasteiger partial charge in [-0.3, -0.25) is 14.6 Å². The highest BCUT2D eigenvalue weighted by Crippen LogP contribution is 2.64. The van der Waals surface area contributed by atoms with Crippen LogP contribution in [0.15, 0.2) is 46.8 Å². The number of aliphatic hydroxyl groups is 1. The van der Waals surface area contributed by atoms with Crippen LogP contribution < -0.4 is 26.8 Å². The number of carbonyl (C=O) groups excluding carboxylic acids is 2. The molecule has 1 saturated heterocycles. The minimum Gasteiger partial charge on any atom is -0.504 e. The Kier molecular flexibility index (Phi) is 13.1. The van der Waals surface area contributed by atoms with Crippen LogP contribution in [0.1, 0.15) is 171 Å². The van der Waals surface area contributed by atoms with Gasteiger partial charge in [0.1, 0.15) is 16.1 Å². The first kappa shape index (κ1) is 47.8. The van der Waals surface area contributed by atoms with E-state index in [1.807, 2.05) is 32.6 Å². The molecule has 7 heterocycles. The summed E-state index contributed by atoms with van der Waals surface area (Å²) in [5, 5.41) is 31.7. The van der Waals surface area contributed by atoms with Crippen molar-refractivity contribution in [3.8, 4) is 11.5 Å². The highest BCUT2D eigenvalue weighted by molar-refractivity contribution is 8.77. The molecule has 13 aliphatic rings. The summed E-state index contributed by atoms with van der Waals surface area (Å²) in [7, 11) is 4.08. The quantitative estimate of drug-likeness (QED) is 0.0961. The van der Waals surface area contributed by atoms with E-state index in [0.29, 0.717) is 99.0 Å². The van der Waals surface area contributed by atoms with Gasteiger partial charge in [0.25, 0.3) is 0 Å². The molecule has 14 heteroatoms. The van der Waals surface area contributed by atoms with Gasteiger partial charge in [-0.1, -0.05) is 46.6 Å². The molecule has 0 radical (unpaired) electrons. The summed E-state index contributed by atoms with van der Waals surface area (Å²) in [6.07, 6.45) is 30.2. The molecule has 12 nitrogen and oxygen atoms in total. The van der Waals surface area contributed by atoms with Gasteiger partial charge in [-0.25, -0.2) is 0 Å². The lowest BCUT2D eigenvalue weighted by Gasteiger charge is -2.46. The number of benzene rings is 1. The van der Waals surface area contributed by atoms with E-state index in [4.69, 9.17) is 25.9 Å². The number of guanidine groups is 1. The molecule has 1 aromatic carbocycles. The van der Waals surface area contributed by atoms with Crippen LogP contribution in [-0.4, -0.2) is 80.5 Å². The van der Waals surface area contributed by atoms with Crippen LogP contribution in [0.3, 0.4) is 0 Å². The van der Waals surface area contributed by atoms with Gasteiger partial charge < -0.3 is 46.7 Å². The zero-order valence-electron chi connectivity index (χ0n) is 41.0. The van der Waals surface area contributed by atoms with Crippen LogP contribution in [0, 0.1) is 34.5 Å². The second kappa shape index (κ2) is 18.8. The molecular formula is C55H78N6O6S2. The third-order valence-corrected chi connectivity index (χ3v) is 22.9. The Morgan fingerprint density at radius 1 is 1.00 bits per heavy atom. The highest BCUT2D eigenvalue weighted by atomic mass is 33.1. The molecular weight excluding hydrogens is 905 g/mol. The average molecular weight is 983 g/mol. The van der Waals surface area contributed by atoms with E-state index in [2.05, 4.69) is 34.9 Å². The maximum Gasteiger partial charge on any atom is 0.303 e. The number of phenols is 1. The number of rotatable bonds is 3. The minimum absolute atomic E-state index is 0.0527. The Hall–Kier alpha value is -3.49. The zero-order valence-corrected chi connectivity index (χ0v) is 42.7. The van der Waals surface area contributed by atoms with E-state index in [-0.39, 0.29) is 46.3 Å². The van der Waals surface area contributed by atoms with Crippen molar-refractivity contribution >= 4 is 39.4 Å². The summed E-state index contributed by atoms with van der Waals surface area (Å²) in [6, 6.07) is 2.12. The van der Waals surface area contributed by atoms with Crippen LogP contribution in [0.5, 0.6) is 11.5 Å². The number of amides is 1. The molecule has 7 aliphatic heterocycles. The number of ether oxygens (including phenoxy) is 2. The lowest BCUT2D eigenvalue weighted by molar-refractivity contribution is -0.170. The number of nitrogens with zero attached hydrogens (tertiary/aromatic N) is 2. The first-order chi connectivity index (χ1) is 33.3. The third-order valence-electron chi connectivity index (χ3n) is 19.5. The number of aromatic hydroxyl groups is 1. The monoisotopic (exact) mass is 983 g/mol. The summed E-state index contributed by atoms with van der Waals surface area (Å²) in [5.41, 5.74) is 15.7. The van der Waals surface area contributed by atoms with Gasteiger partial charge in [-0.2, -0.15) is 0 Å². The predicted molar refractivity (Wildman–Crippen MR) is 274 cm³/mol. The molecule has 0 aromatic heterocycles. The van der Waals surface area contributed by atoms with Crippen molar-refractivity contribution in [3.63, 3.8) is 0 Å². The van der Waals surface area contributed by atoms with Crippen LogP contribution in [0.25, 0.3) is 0 Å². The Morgan fingerprint density at radius 2 is 1.83 bits per heavy atom. The molecule has 8 atom stereocenters. The molecule has 1 amide bonds. The fraction of sp³-hybridized carbons (Fsp3) is 0.727. The Balaban J connectivity index is 0.950. The van der Waals surface area contributed by atoms with Crippen LogP contribution in [0.4, 0.5) is 0 Å². The van der Waals surface area contributed by atoms with Crippen molar-refractivity contribution in [2.24, 2.45) is 51.0 Å². The highest BCUT2D eigenvalue weighted by Gasteiger charge is 2.57. The van der Waals surface area contributed by atoms with E-state index in [1.165, 1.54) is 58.3 Å². The number of aliphatic imine (C=N–C) groups is 1. The lowest BCUT2D eigenvalue weighted by atomic mass is 9.66. The van der Waals surface area contributed by atoms with Crippen molar-refractivity contribution in [1.82, 2.24) is 15.5 Å². The van der Waals surface area contributed by atoms with Gasteiger partial charge >= 0.3 is 5.97 Å². The number of hydrogen-bond acceptors (Lipinski definition) is 13. The van der Waals surface area contributed by atoms with Gasteiger partial charge in [0.05, 0.1) is 11.9 Å². The predicted octanol–water partition coefficient (Wildman–Crippen LogP) is 9.14. The molecule has 10 bridgehead atoms. The second-order valence-corrected chi connectivity index (χ2v) is 26.3. The van der Waals surface area contributed by atoms with E-state index in [1.54, 1.807) is 0 Å². The molecule has 376 valence electrons. The maximum absolute atomic E-state index is 14.5. The number of aryl methyl sites for hydroxylation is 1. The fourth-order valence-corrected chi connectivity index (χ4v) is 20.0. The van der Waals surface area contributed by atoms with Gasteiger partial charge in [-0.05, 0) is 169 Å². The summed E-state index contributed by atoms with van der Waals surface area (Å²) in [4.78, 5) is 34.4. The Bertz CT molecular complexity index is 2280. The molecule has 6 aliphatic carbocycles. The van der Waals surface area contributed by atoms with E-state index >= 15 is 0 Å². The Morgan fingerprint density at radius 3 is 2.62 bits per heavy atom. The van der Waals surface area contributed by atoms with Crippen molar-refractivity contribution in [1.29, 1.82) is 0 Å². The number of esters is 1. The number of nitrogens with one attached hydrogen (secondary N) is 2. The first-order valence-electron chi connectivity index (χ1n) is 27.0. The molecule has 5 saturated carbocycles. The lowest BCUT2D eigenvalue weighted by Crippen LogP contribution is -2.55. The van der Waals surface area contributed by atoms with E-state index < -0.39 is 22.7 Å². The first-order valence-corrected chi connectivity index (χ1v) is 29.3. The zero-order chi connectivity index (χ0) is 47.6. The fourth-order valence-electron chi connectivity index (χ4n) is 16.0. The number of hydrogen-bond donors (Lipinski definition) is 6. The molecule has 3 spiro atoms. The molecule has 14 rings (SSSR count). The summed E-state index contributed by atoms with van der Waals surface area (Å²) in [5.74, 6) is 4.44. The standard InChI is InChI=1S/C55H78N6O6S2/c1-35(62)66-53-20-11-39-27-41(48(65)49-47(39)40-12-22-54(67-49)18-4-6-42(54)28-40)32-61-34-51(31-46(61)64,29-37-14-24-58-45(56)26-37)23-25-59-50(57)60-55(19-5-17-52(55)15-2-3-16-52)69-68-33-36-7-9-38(10-8-36)43(13-21-53)44(63)30-53/h12,14,22,26-27,36,38,40,42-44,58,63,65H,2-11,13,15-21,23-25,28-34,56H2,1H3,(H3,57,59,60). The van der Waals surface area contributed by atoms with Gasteiger partial charge in [0.2, 0.25) is 5.91 Å². The largest absolute Gasteiger partial charge is 0.504 e. The van der Waals surface area contributed by atoms with Crippen LogP contribution in [-0.2, 0) is 27.3 Å². The van der Waals surface area contributed by atoms with Crippen LogP contribution in [0.2, 0.25) is 0 Å². The summed E-state index contributed by atoms with van der Waals surface area (Å²) in [6.45, 7) is 3.39. The van der Waals surface area contributed by atoms with E-state index in [0.717, 1.165) is 80.2 Å².